The second-order valence-corrected chi connectivity index (χ2v) is 20.3. The van der Waals surface area contributed by atoms with Crippen LogP contribution in [0.25, 0.3) is 66.4 Å². The summed E-state index contributed by atoms with van der Waals surface area (Å²) in [7, 11) is 0. The van der Waals surface area contributed by atoms with Gasteiger partial charge in [0.2, 0.25) is 0 Å². The summed E-state index contributed by atoms with van der Waals surface area (Å²) < 4.78 is 6.55. The Hall–Kier alpha value is -9.18. The van der Waals surface area contributed by atoms with Crippen LogP contribution in [-0.4, -0.2) is 0 Å². The van der Waals surface area contributed by atoms with Gasteiger partial charge in [-0.15, -0.1) is 0 Å². The van der Waals surface area contributed by atoms with E-state index in [0.717, 1.165) is 67.2 Å². The van der Waals surface area contributed by atoms with Gasteiger partial charge >= 0.3 is 0 Å². The van der Waals surface area contributed by atoms with Gasteiger partial charge < -0.3 is 14.2 Å². The molecular weight excluding hydrogens is 885 g/mol. The third-order valence-electron chi connectivity index (χ3n) is 16.3. The molecule has 1 aromatic heterocycles. The fraction of sp³-hybridized carbons (Fsp3) is 0.0571. The highest BCUT2D eigenvalue weighted by atomic mass is 16.3. The number of hydrogen-bond donors (Lipinski definition) is 0. The maximum Gasteiger partial charge on any atom is 0.143 e. The Morgan fingerprint density at radius 1 is 0.315 bits per heavy atom. The maximum absolute atomic E-state index is 6.55. The lowest BCUT2D eigenvalue weighted by atomic mass is 9.59. The molecule has 0 saturated carbocycles. The minimum absolute atomic E-state index is 0.126. The van der Waals surface area contributed by atoms with E-state index < -0.39 is 5.41 Å². The Morgan fingerprint density at radius 2 is 0.781 bits per heavy atom. The number of furan rings is 1. The van der Waals surface area contributed by atoms with E-state index in [0.29, 0.717) is 0 Å². The molecule has 3 aliphatic rings. The molecule has 1 aliphatic carbocycles. The molecule has 0 radical (unpaired) electrons. The summed E-state index contributed by atoms with van der Waals surface area (Å²) in [6.07, 6.45) is 0. The molecule has 0 fully saturated rings. The zero-order valence-electron chi connectivity index (χ0n) is 40.6. The van der Waals surface area contributed by atoms with Crippen LogP contribution in [0.15, 0.2) is 259 Å². The molecule has 12 aromatic rings. The first-order valence-corrected chi connectivity index (χ1v) is 25.4. The number of rotatable bonds is 5. The first-order valence-electron chi connectivity index (χ1n) is 25.4. The Balaban J connectivity index is 0.971. The van der Waals surface area contributed by atoms with E-state index in [-0.39, 0.29) is 5.41 Å². The van der Waals surface area contributed by atoms with Gasteiger partial charge in [-0.05, 0) is 133 Å². The fourth-order valence-electron chi connectivity index (χ4n) is 13.0. The Bertz CT molecular complexity index is 4130. The molecule has 3 nitrogen and oxygen atoms in total. The Morgan fingerprint density at radius 3 is 1.45 bits per heavy atom. The number of fused-ring (bicyclic) bond motifs is 14. The van der Waals surface area contributed by atoms with Crippen molar-refractivity contribution in [1.82, 2.24) is 0 Å². The van der Waals surface area contributed by atoms with Crippen LogP contribution in [0.3, 0.4) is 0 Å². The molecular formula is C70H48N2O. The lowest BCUT2D eigenvalue weighted by Gasteiger charge is -2.51. The molecule has 11 aromatic carbocycles. The van der Waals surface area contributed by atoms with Gasteiger partial charge in [0.05, 0.1) is 28.2 Å². The summed E-state index contributed by atoms with van der Waals surface area (Å²) in [5, 5.41) is 2.26. The van der Waals surface area contributed by atoms with Crippen LogP contribution in [0, 0.1) is 0 Å². The van der Waals surface area contributed by atoms with Crippen LogP contribution in [0.2, 0.25) is 0 Å². The summed E-state index contributed by atoms with van der Waals surface area (Å²) in [4.78, 5) is 4.98. The second kappa shape index (κ2) is 15.7. The zero-order valence-corrected chi connectivity index (χ0v) is 40.6. The van der Waals surface area contributed by atoms with Crippen molar-refractivity contribution in [2.75, 3.05) is 9.80 Å². The van der Waals surface area contributed by atoms with Crippen molar-refractivity contribution in [3.8, 4) is 44.5 Å². The van der Waals surface area contributed by atoms with E-state index in [2.05, 4.69) is 272 Å². The topological polar surface area (TPSA) is 19.6 Å². The maximum atomic E-state index is 6.55. The van der Waals surface area contributed by atoms with Crippen molar-refractivity contribution in [1.29, 1.82) is 0 Å². The number of benzene rings is 11. The van der Waals surface area contributed by atoms with E-state index in [9.17, 15) is 0 Å². The van der Waals surface area contributed by atoms with Gasteiger partial charge in [0.1, 0.15) is 11.2 Å². The van der Waals surface area contributed by atoms with Crippen LogP contribution in [0.5, 0.6) is 0 Å². The molecule has 1 spiro atoms. The van der Waals surface area contributed by atoms with Crippen LogP contribution < -0.4 is 9.80 Å². The fourth-order valence-corrected chi connectivity index (χ4v) is 13.0. The lowest BCUT2D eigenvalue weighted by molar-refractivity contribution is 0.660. The van der Waals surface area contributed by atoms with Crippen molar-refractivity contribution in [2.24, 2.45) is 0 Å². The number of anilines is 6. The molecule has 3 heterocycles. The van der Waals surface area contributed by atoms with E-state index in [1.165, 1.54) is 66.8 Å². The van der Waals surface area contributed by atoms with E-state index in [4.69, 9.17) is 4.42 Å². The third kappa shape index (κ3) is 5.88. The standard InChI is InChI=1S/C70H48N2O/c1-69(2)56-25-8-6-21-55(56)67-51(22-17-29-60(67)69)48-38-43-65-61(44-48)70(57-26-9-12-30-62(57)71(63-31-13-10-27-58(63)70)49-39-34-46(35-40-49)45-18-4-3-5-19-45)59-28-11-14-32-64(59)72(65)50-41-36-47(37-42-50)52-23-16-24-54-53-20-7-15-33-66(53)73-68(52)54/h3-44H,1-2H3. The predicted octanol–water partition coefficient (Wildman–Crippen LogP) is 18.8. The zero-order chi connectivity index (χ0) is 48.4. The molecule has 0 saturated heterocycles. The molecule has 0 bridgehead atoms. The van der Waals surface area contributed by atoms with E-state index >= 15 is 0 Å². The number of nitrogens with zero attached hydrogens (tertiary/aromatic N) is 2. The summed E-state index contributed by atoms with van der Waals surface area (Å²) in [5.74, 6) is 0. The van der Waals surface area contributed by atoms with Gasteiger partial charge in [-0.25, -0.2) is 0 Å². The number of para-hydroxylation sites is 5. The average Bonchev–Trinajstić information content (AvgIpc) is 3.95. The second-order valence-electron chi connectivity index (χ2n) is 20.3. The van der Waals surface area contributed by atoms with Gasteiger partial charge in [0.15, 0.2) is 0 Å². The normalized spacial score (nSPS) is 14.3. The molecule has 0 unspecified atom stereocenters. The molecule has 3 heteroatoms. The highest BCUT2D eigenvalue weighted by Gasteiger charge is 2.52. The molecule has 15 rings (SSSR count). The highest BCUT2D eigenvalue weighted by molar-refractivity contribution is 6.10. The van der Waals surface area contributed by atoms with Crippen molar-refractivity contribution in [3.63, 3.8) is 0 Å². The van der Waals surface area contributed by atoms with Gasteiger partial charge in [-0.3, -0.25) is 0 Å². The van der Waals surface area contributed by atoms with Crippen LogP contribution in [-0.2, 0) is 10.8 Å². The van der Waals surface area contributed by atoms with Gasteiger partial charge in [-0.1, -0.05) is 208 Å². The number of hydrogen-bond acceptors (Lipinski definition) is 3. The third-order valence-corrected chi connectivity index (χ3v) is 16.3. The monoisotopic (exact) mass is 932 g/mol. The first kappa shape index (κ1) is 41.6. The van der Waals surface area contributed by atoms with Crippen molar-refractivity contribution >= 4 is 56.1 Å². The molecule has 0 N–H and O–H groups in total. The van der Waals surface area contributed by atoms with Crippen molar-refractivity contribution in [3.05, 3.63) is 288 Å². The van der Waals surface area contributed by atoms with Crippen LogP contribution in [0.4, 0.5) is 34.1 Å². The molecule has 2 aliphatic heterocycles. The first-order chi connectivity index (χ1) is 36.0. The minimum atomic E-state index is -0.710. The Labute approximate surface area is 425 Å². The molecule has 73 heavy (non-hydrogen) atoms. The van der Waals surface area contributed by atoms with Crippen molar-refractivity contribution in [2.45, 2.75) is 24.7 Å². The van der Waals surface area contributed by atoms with Crippen LogP contribution >= 0.6 is 0 Å². The predicted molar refractivity (Wildman–Crippen MR) is 302 cm³/mol. The van der Waals surface area contributed by atoms with Crippen LogP contribution in [0.1, 0.15) is 47.2 Å². The lowest BCUT2D eigenvalue weighted by Crippen LogP contribution is -2.42. The SMILES string of the molecule is CC1(C)c2ccccc2-c2c(-c3ccc4c(c3)C3(c5ccccc5N(c5ccc(-c6ccccc6)cc5)c5ccccc53)c3ccccc3N4c3ccc(-c4cccc5c4oc4ccccc45)cc3)cccc21. The molecule has 0 atom stereocenters. The van der Waals surface area contributed by atoms with Gasteiger partial charge in [-0.2, -0.15) is 0 Å². The quantitative estimate of drug-likeness (QED) is 0.171. The average molecular weight is 933 g/mol. The smallest absolute Gasteiger partial charge is 0.143 e. The van der Waals surface area contributed by atoms with Gasteiger partial charge in [0.25, 0.3) is 0 Å². The summed E-state index contributed by atoms with van der Waals surface area (Å²) in [6, 6.07) is 94.3. The summed E-state index contributed by atoms with van der Waals surface area (Å²) in [6.45, 7) is 4.74. The largest absolute Gasteiger partial charge is 0.455 e. The molecule has 344 valence electrons. The summed E-state index contributed by atoms with van der Waals surface area (Å²) in [5.41, 5.74) is 25.2. The highest BCUT2D eigenvalue weighted by Crippen LogP contribution is 2.65. The van der Waals surface area contributed by atoms with E-state index in [1.54, 1.807) is 0 Å². The molecule has 0 amide bonds. The summed E-state index contributed by atoms with van der Waals surface area (Å²) >= 11 is 0. The van der Waals surface area contributed by atoms with Crippen molar-refractivity contribution < 1.29 is 4.42 Å². The Kier molecular flexibility index (Phi) is 8.92. The van der Waals surface area contributed by atoms with Gasteiger partial charge in [0, 0.05) is 33.1 Å². The minimum Gasteiger partial charge on any atom is -0.455 e. The van der Waals surface area contributed by atoms with E-state index in [1.807, 2.05) is 6.07 Å².